The Bertz CT molecular complexity index is 674. The molecule has 0 unspecified atom stereocenters. The molecule has 1 aliphatic rings. The van der Waals surface area contributed by atoms with Gasteiger partial charge in [0.25, 0.3) is 11.8 Å². The van der Waals surface area contributed by atoms with Crippen molar-refractivity contribution >= 4 is 17.9 Å². The molecule has 1 aromatic carbocycles. The van der Waals surface area contributed by atoms with Crippen LogP contribution in [0.1, 0.15) is 31.7 Å². The molecule has 0 aromatic heterocycles. The molecule has 1 heterocycles. The number of hydrogen-bond acceptors (Lipinski definition) is 5. The van der Waals surface area contributed by atoms with Crippen LogP contribution >= 0.6 is 0 Å². The highest BCUT2D eigenvalue weighted by Crippen LogP contribution is 2.25. The summed E-state index contributed by atoms with van der Waals surface area (Å²) in [6.45, 7) is 3.66. The average molecular weight is 376 g/mol. The molecule has 1 saturated heterocycles. The van der Waals surface area contributed by atoms with Crippen LogP contribution in [-0.2, 0) is 14.3 Å². The Morgan fingerprint density at radius 1 is 1.15 bits per heavy atom. The van der Waals surface area contributed by atoms with E-state index < -0.39 is 0 Å². The number of nitrogens with zero attached hydrogens (tertiary/aromatic N) is 2. The van der Waals surface area contributed by atoms with Crippen LogP contribution in [0.15, 0.2) is 24.3 Å². The fourth-order valence-electron chi connectivity index (χ4n) is 2.80. The maximum Gasteiger partial charge on any atom is 0.267 e. The molecule has 2 rings (SSSR count). The van der Waals surface area contributed by atoms with Crippen molar-refractivity contribution in [2.24, 2.45) is 0 Å². The Morgan fingerprint density at radius 3 is 2.63 bits per heavy atom. The lowest BCUT2D eigenvalue weighted by Crippen LogP contribution is -2.45. The van der Waals surface area contributed by atoms with Gasteiger partial charge < -0.3 is 14.2 Å². The van der Waals surface area contributed by atoms with Crippen molar-refractivity contribution in [1.29, 1.82) is 0 Å². The number of rotatable bonds is 9. The van der Waals surface area contributed by atoms with Gasteiger partial charge in [-0.1, -0.05) is 13.3 Å². The van der Waals surface area contributed by atoms with Crippen LogP contribution in [0.3, 0.4) is 0 Å². The van der Waals surface area contributed by atoms with Gasteiger partial charge in [0.15, 0.2) is 0 Å². The van der Waals surface area contributed by atoms with Gasteiger partial charge in [0.05, 0.1) is 14.2 Å². The van der Waals surface area contributed by atoms with Gasteiger partial charge in [-0.05, 0) is 37.1 Å². The molecule has 0 radical (unpaired) electrons. The lowest BCUT2D eigenvalue weighted by Gasteiger charge is -2.26. The zero-order chi connectivity index (χ0) is 19.6. The van der Waals surface area contributed by atoms with Crippen molar-refractivity contribution in [3.63, 3.8) is 0 Å². The largest absolute Gasteiger partial charge is 0.497 e. The minimum Gasteiger partial charge on any atom is -0.497 e. The summed E-state index contributed by atoms with van der Waals surface area (Å²) in [5, 5.41) is 2.94. The van der Waals surface area contributed by atoms with Crippen molar-refractivity contribution < 1.29 is 23.8 Å². The molecule has 0 N–H and O–H groups in total. The molecule has 148 valence electrons. The summed E-state index contributed by atoms with van der Waals surface area (Å²) in [7, 11) is 3.15. The first-order valence-electron chi connectivity index (χ1n) is 9.20. The van der Waals surface area contributed by atoms with Crippen molar-refractivity contribution in [2.75, 3.05) is 40.5 Å². The highest BCUT2D eigenvalue weighted by Gasteiger charge is 2.29. The van der Waals surface area contributed by atoms with Crippen molar-refractivity contribution in [3.05, 3.63) is 29.8 Å². The number of methoxy groups -OCH3 is 2. The molecular formula is C20H28N2O5. The fraction of sp³-hybridized carbons (Fsp3) is 0.500. The summed E-state index contributed by atoms with van der Waals surface area (Å²) in [6.07, 6.45) is 5.80. The number of benzene rings is 1. The van der Waals surface area contributed by atoms with Crippen LogP contribution in [0.4, 0.5) is 0 Å². The topological polar surface area (TPSA) is 68.3 Å². The third kappa shape index (κ3) is 5.72. The molecule has 2 amide bonds. The van der Waals surface area contributed by atoms with Crippen molar-refractivity contribution in [2.45, 2.75) is 26.2 Å². The molecule has 1 aromatic rings. The number of unbranched alkanes of at least 4 members (excludes halogenated alkanes) is 1. The fourth-order valence-corrected chi connectivity index (χ4v) is 2.80. The van der Waals surface area contributed by atoms with Crippen LogP contribution in [0.5, 0.6) is 11.5 Å². The van der Waals surface area contributed by atoms with Crippen LogP contribution in [0, 0.1) is 0 Å². The monoisotopic (exact) mass is 376 g/mol. The second-order valence-electron chi connectivity index (χ2n) is 6.18. The van der Waals surface area contributed by atoms with Gasteiger partial charge in [-0.15, -0.1) is 0 Å². The molecule has 0 saturated carbocycles. The first-order chi connectivity index (χ1) is 13.1. The van der Waals surface area contributed by atoms with E-state index in [9.17, 15) is 9.59 Å². The van der Waals surface area contributed by atoms with E-state index >= 15 is 0 Å². The lowest BCUT2D eigenvalue weighted by molar-refractivity contribution is -0.158. The average Bonchev–Trinajstić information content (AvgIpc) is 3.19. The van der Waals surface area contributed by atoms with Gasteiger partial charge in [0.1, 0.15) is 18.1 Å². The molecule has 0 aliphatic carbocycles. The zero-order valence-corrected chi connectivity index (χ0v) is 16.3. The predicted molar refractivity (Wildman–Crippen MR) is 102 cm³/mol. The van der Waals surface area contributed by atoms with Gasteiger partial charge >= 0.3 is 0 Å². The summed E-state index contributed by atoms with van der Waals surface area (Å²) in [6, 6.07) is 5.36. The third-order valence-corrected chi connectivity index (χ3v) is 4.28. The maximum absolute atomic E-state index is 12.6. The summed E-state index contributed by atoms with van der Waals surface area (Å²) in [4.78, 5) is 24.9. The van der Waals surface area contributed by atoms with Crippen molar-refractivity contribution in [1.82, 2.24) is 10.0 Å². The number of hydrogen-bond donors (Lipinski definition) is 0. The molecule has 1 aliphatic heterocycles. The highest BCUT2D eigenvalue weighted by atomic mass is 16.5. The third-order valence-electron chi connectivity index (χ3n) is 4.28. The molecule has 0 atom stereocenters. The second kappa shape index (κ2) is 10.6. The van der Waals surface area contributed by atoms with Gasteiger partial charge in [-0.25, -0.2) is 10.0 Å². The Balaban J connectivity index is 2.01. The summed E-state index contributed by atoms with van der Waals surface area (Å²) in [5.41, 5.74) is 0.727. The number of ether oxygens (including phenoxy) is 3. The van der Waals surface area contributed by atoms with Crippen LogP contribution in [-0.4, -0.2) is 62.4 Å². The molecular weight excluding hydrogens is 348 g/mol. The summed E-state index contributed by atoms with van der Waals surface area (Å²) >= 11 is 0. The first kappa shape index (κ1) is 20.8. The Hall–Kier alpha value is -2.54. The SMILES string of the molecule is CCCCOCC(=O)N1CCCN1C(=O)C=Cc1cc(OC)ccc1OC. The van der Waals surface area contributed by atoms with E-state index in [4.69, 9.17) is 14.2 Å². The van der Waals surface area contributed by atoms with E-state index in [0.717, 1.165) is 24.8 Å². The van der Waals surface area contributed by atoms with E-state index in [1.165, 1.54) is 16.1 Å². The Labute approximate surface area is 160 Å². The molecule has 0 bridgehead atoms. The molecule has 27 heavy (non-hydrogen) atoms. The van der Waals surface area contributed by atoms with E-state index in [-0.39, 0.29) is 18.4 Å². The van der Waals surface area contributed by atoms with Gasteiger partial charge in [0, 0.05) is 31.3 Å². The Kier molecular flexibility index (Phi) is 8.13. The summed E-state index contributed by atoms with van der Waals surface area (Å²) in [5.74, 6) is 0.868. The van der Waals surface area contributed by atoms with Crippen LogP contribution in [0.25, 0.3) is 6.08 Å². The van der Waals surface area contributed by atoms with Gasteiger partial charge in [0.2, 0.25) is 0 Å². The van der Waals surface area contributed by atoms with Gasteiger partial charge in [-0.3, -0.25) is 9.59 Å². The van der Waals surface area contributed by atoms with Gasteiger partial charge in [-0.2, -0.15) is 0 Å². The van der Waals surface area contributed by atoms with E-state index in [1.807, 2.05) is 0 Å². The van der Waals surface area contributed by atoms with Crippen LogP contribution < -0.4 is 9.47 Å². The predicted octanol–water partition coefficient (Wildman–Crippen LogP) is 2.51. The zero-order valence-electron chi connectivity index (χ0n) is 16.3. The number of hydrazine groups is 1. The van der Waals surface area contributed by atoms with Crippen molar-refractivity contribution in [3.8, 4) is 11.5 Å². The molecule has 0 spiro atoms. The quantitative estimate of drug-likeness (QED) is 0.489. The van der Waals surface area contributed by atoms with E-state index in [0.29, 0.717) is 31.2 Å². The first-order valence-corrected chi connectivity index (χ1v) is 9.20. The molecule has 7 nitrogen and oxygen atoms in total. The molecule has 1 fully saturated rings. The van der Waals surface area contributed by atoms with E-state index in [1.54, 1.807) is 38.5 Å². The van der Waals surface area contributed by atoms with Crippen LogP contribution in [0.2, 0.25) is 0 Å². The van der Waals surface area contributed by atoms with E-state index in [2.05, 4.69) is 6.92 Å². The number of amides is 2. The normalized spacial score (nSPS) is 14.0. The highest BCUT2D eigenvalue weighted by molar-refractivity contribution is 5.94. The standard InChI is InChI=1S/C20H28N2O5/c1-4-5-13-27-15-20(24)22-12-6-11-21(22)19(23)10-7-16-14-17(25-2)8-9-18(16)26-3/h7-10,14H,4-6,11-13,15H2,1-3H3. The second-order valence-corrected chi connectivity index (χ2v) is 6.18. The summed E-state index contributed by atoms with van der Waals surface area (Å²) < 4.78 is 15.9. The maximum atomic E-state index is 12.6. The minimum absolute atomic E-state index is 0.00278. The molecule has 7 heteroatoms. The lowest BCUT2D eigenvalue weighted by atomic mass is 10.1. The minimum atomic E-state index is -0.251. The number of carbonyl (C=O) groups is 2. The number of carbonyl (C=O) groups excluding carboxylic acids is 2. The smallest absolute Gasteiger partial charge is 0.267 e. The Morgan fingerprint density at radius 2 is 1.93 bits per heavy atom.